The number of aliphatic imine (C=N–C) groups is 1. The lowest BCUT2D eigenvalue weighted by atomic mass is 9.90. The third-order valence-corrected chi connectivity index (χ3v) is 7.55. The zero-order chi connectivity index (χ0) is 21.4. The molecule has 1 amide bonds. The minimum Gasteiger partial charge on any atom is -0.450 e. The van der Waals surface area contributed by atoms with Crippen LogP contribution in [0.25, 0.3) is 6.08 Å². The van der Waals surface area contributed by atoms with Gasteiger partial charge in [-0.1, -0.05) is 48.7 Å². The highest BCUT2D eigenvalue weighted by Gasteiger charge is 2.38. The van der Waals surface area contributed by atoms with E-state index in [1.165, 1.54) is 53.4 Å². The van der Waals surface area contributed by atoms with Crippen molar-refractivity contribution in [2.45, 2.75) is 49.0 Å². The number of fused-ring (bicyclic) bond motifs is 1. The van der Waals surface area contributed by atoms with Gasteiger partial charge in [-0.3, -0.25) is 10.2 Å². The van der Waals surface area contributed by atoms with E-state index in [1.54, 1.807) is 12.1 Å². The predicted octanol–water partition coefficient (Wildman–Crippen LogP) is 5.94. The number of nitrogens with zero attached hydrogens (tertiary/aromatic N) is 3. The number of hydrogen-bond acceptors (Lipinski definition) is 6. The molecular formula is C23H22N4O2S2. The molecule has 1 aromatic heterocycles. The van der Waals surface area contributed by atoms with Crippen molar-refractivity contribution in [2.75, 3.05) is 0 Å². The highest BCUT2D eigenvalue weighted by atomic mass is 32.2. The third kappa shape index (κ3) is 4.27. The van der Waals surface area contributed by atoms with Crippen LogP contribution in [0.1, 0.15) is 43.4 Å². The summed E-state index contributed by atoms with van der Waals surface area (Å²) in [6.45, 7) is 2.05. The van der Waals surface area contributed by atoms with Crippen LogP contribution < -0.4 is 0 Å². The quantitative estimate of drug-likeness (QED) is 0.583. The number of hydrazone groups is 1. The van der Waals surface area contributed by atoms with Gasteiger partial charge in [-0.05, 0) is 61.9 Å². The van der Waals surface area contributed by atoms with Crippen LogP contribution in [0.5, 0.6) is 0 Å². The fourth-order valence-electron chi connectivity index (χ4n) is 3.85. The van der Waals surface area contributed by atoms with Crippen molar-refractivity contribution in [2.24, 2.45) is 16.0 Å². The van der Waals surface area contributed by atoms with Crippen molar-refractivity contribution >= 4 is 51.6 Å². The predicted molar refractivity (Wildman–Crippen MR) is 126 cm³/mol. The highest BCUT2D eigenvalue weighted by Crippen LogP contribution is 2.36. The molecule has 1 saturated carbocycles. The molecule has 3 heterocycles. The van der Waals surface area contributed by atoms with Crippen molar-refractivity contribution in [1.29, 1.82) is 5.41 Å². The molecule has 2 aliphatic heterocycles. The Kier molecular flexibility index (Phi) is 5.58. The van der Waals surface area contributed by atoms with Crippen molar-refractivity contribution in [1.82, 2.24) is 5.01 Å². The van der Waals surface area contributed by atoms with Crippen LogP contribution in [-0.2, 0) is 4.79 Å². The van der Waals surface area contributed by atoms with Gasteiger partial charge in [-0.25, -0.2) is 0 Å². The maximum absolute atomic E-state index is 12.6. The lowest BCUT2D eigenvalue weighted by Crippen LogP contribution is -2.35. The van der Waals surface area contributed by atoms with Gasteiger partial charge in [0.25, 0.3) is 5.91 Å². The number of carbonyl (C=O) groups excluding carboxylic acids is 1. The second kappa shape index (κ2) is 8.51. The first-order valence-corrected chi connectivity index (χ1v) is 12.0. The van der Waals surface area contributed by atoms with E-state index >= 15 is 0 Å². The maximum Gasteiger partial charge on any atom is 0.283 e. The van der Waals surface area contributed by atoms with E-state index in [0.717, 1.165) is 27.9 Å². The van der Waals surface area contributed by atoms with Gasteiger partial charge in [0.2, 0.25) is 5.17 Å². The van der Waals surface area contributed by atoms with Gasteiger partial charge in [0.1, 0.15) is 10.8 Å². The topological polar surface area (TPSA) is 82.0 Å². The van der Waals surface area contributed by atoms with Crippen LogP contribution in [0.4, 0.5) is 0 Å². The molecule has 0 atom stereocenters. The second-order valence-electron chi connectivity index (χ2n) is 7.87. The lowest BCUT2D eigenvalue weighted by molar-refractivity contribution is -0.114. The Hall–Kier alpha value is -2.58. The van der Waals surface area contributed by atoms with Crippen LogP contribution in [0, 0.1) is 18.3 Å². The summed E-state index contributed by atoms with van der Waals surface area (Å²) >= 11 is 2.95. The number of carbonyl (C=O) groups is 1. The number of aryl methyl sites for hydroxylation is 1. The first-order valence-electron chi connectivity index (χ1n) is 10.4. The van der Waals surface area contributed by atoms with Crippen molar-refractivity contribution in [3.05, 3.63) is 53.3 Å². The zero-order valence-corrected chi connectivity index (χ0v) is 18.8. The summed E-state index contributed by atoms with van der Waals surface area (Å²) in [5, 5.41) is 16.9. The van der Waals surface area contributed by atoms with Gasteiger partial charge in [-0.15, -0.1) is 0 Å². The largest absolute Gasteiger partial charge is 0.450 e. The molecule has 0 spiro atoms. The summed E-state index contributed by atoms with van der Waals surface area (Å²) in [7, 11) is 0. The summed E-state index contributed by atoms with van der Waals surface area (Å²) in [6, 6.07) is 11.9. The summed E-state index contributed by atoms with van der Waals surface area (Å²) in [6.07, 6.45) is 7.51. The smallest absolute Gasteiger partial charge is 0.283 e. The minimum atomic E-state index is -0.423. The number of benzene rings is 1. The lowest BCUT2D eigenvalue weighted by Gasteiger charge is -2.20. The summed E-state index contributed by atoms with van der Waals surface area (Å²) in [4.78, 5) is 17.9. The molecule has 1 fully saturated rings. The summed E-state index contributed by atoms with van der Waals surface area (Å²) < 4.78 is 5.87. The van der Waals surface area contributed by atoms with Crippen LogP contribution in [0.3, 0.4) is 0 Å². The number of hydrogen-bond donors (Lipinski definition) is 1. The van der Waals surface area contributed by atoms with Gasteiger partial charge in [0.05, 0.1) is 5.57 Å². The van der Waals surface area contributed by atoms with Gasteiger partial charge in [0, 0.05) is 10.8 Å². The molecule has 5 rings (SSSR count). The van der Waals surface area contributed by atoms with Gasteiger partial charge >= 0.3 is 0 Å². The molecular weight excluding hydrogens is 428 g/mol. The molecule has 3 aliphatic rings. The Bertz CT molecular complexity index is 1120. The monoisotopic (exact) mass is 450 g/mol. The standard InChI is InChI=1S/C23H22N4O2S2/c1-14-7-10-17(11-8-14)30-19-12-9-16(29-19)13-18-20(24)27-23(25-21(18)28)31-22(26-27)15-5-3-2-4-6-15/h7-13,15,24H,2-6H2,1H3/b18-13+,24-20?. The number of thioether (sulfide) groups is 1. The van der Waals surface area contributed by atoms with Gasteiger partial charge in [-0.2, -0.15) is 15.1 Å². The first kappa shape index (κ1) is 20.3. The Morgan fingerprint density at radius 2 is 1.94 bits per heavy atom. The zero-order valence-electron chi connectivity index (χ0n) is 17.1. The van der Waals surface area contributed by atoms with Crippen molar-refractivity contribution in [3.63, 3.8) is 0 Å². The Balaban J connectivity index is 1.34. The molecule has 0 unspecified atom stereocenters. The maximum atomic E-state index is 12.6. The van der Waals surface area contributed by atoms with E-state index < -0.39 is 5.91 Å². The van der Waals surface area contributed by atoms with Gasteiger partial charge < -0.3 is 4.42 Å². The van der Waals surface area contributed by atoms with Crippen LogP contribution in [-0.4, -0.2) is 27.0 Å². The van der Waals surface area contributed by atoms with Crippen molar-refractivity contribution < 1.29 is 9.21 Å². The number of rotatable bonds is 4. The average Bonchev–Trinajstić information content (AvgIpc) is 3.40. The van der Waals surface area contributed by atoms with Crippen LogP contribution >= 0.6 is 23.5 Å². The van der Waals surface area contributed by atoms with E-state index in [-0.39, 0.29) is 11.4 Å². The summed E-state index contributed by atoms with van der Waals surface area (Å²) in [5.41, 5.74) is 1.40. The van der Waals surface area contributed by atoms with E-state index in [1.807, 2.05) is 18.2 Å². The van der Waals surface area contributed by atoms with Crippen molar-refractivity contribution in [3.8, 4) is 0 Å². The molecule has 158 valence electrons. The highest BCUT2D eigenvalue weighted by molar-refractivity contribution is 8.27. The Morgan fingerprint density at radius 3 is 2.71 bits per heavy atom. The first-order chi connectivity index (χ1) is 15.1. The second-order valence-corrected chi connectivity index (χ2v) is 9.93. The molecule has 0 radical (unpaired) electrons. The average molecular weight is 451 g/mol. The minimum absolute atomic E-state index is 0.0532. The fourth-order valence-corrected chi connectivity index (χ4v) is 5.69. The molecule has 31 heavy (non-hydrogen) atoms. The number of amides is 1. The van der Waals surface area contributed by atoms with E-state index in [0.29, 0.717) is 16.8 Å². The summed E-state index contributed by atoms with van der Waals surface area (Å²) in [5.74, 6) is 0.559. The number of amidine groups is 2. The molecule has 2 aromatic rings. The molecule has 8 heteroatoms. The molecule has 1 N–H and O–H groups in total. The number of nitrogens with one attached hydrogen (secondary N) is 1. The molecule has 1 aliphatic carbocycles. The van der Waals surface area contributed by atoms with E-state index in [9.17, 15) is 4.79 Å². The Morgan fingerprint density at radius 1 is 1.16 bits per heavy atom. The molecule has 1 aromatic carbocycles. The number of furan rings is 1. The Labute approximate surface area is 189 Å². The molecule has 0 saturated heterocycles. The van der Waals surface area contributed by atoms with Crippen LogP contribution in [0.15, 0.2) is 66.5 Å². The van der Waals surface area contributed by atoms with E-state index in [2.05, 4.69) is 29.2 Å². The SMILES string of the molecule is Cc1ccc(Sc2ccc(/C=C3\C(=N)N4N=C(C5CCCCC5)SC4=NC3=O)o2)cc1. The third-order valence-electron chi connectivity index (χ3n) is 5.55. The molecule has 0 bridgehead atoms. The normalized spacial score (nSPS) is 20.8. The van der Waals surface area contributed by atoms with Crippen LogP contribution in [0.2, 0.25) is 0 Å². The fraction of sp³-hybridized carbons (Fsp3) is 0.304. The van der Waals surface area contributed by atoms with Gasteiger partial charge in [0.15, 0.2) is 10.9 Å². The molecule has 6 nitrogen and oxygen atoms in total. The van der Waals surface area contributed by atoms with E-state index in [4.69, 9.17) is 9.83 Å².